The molecule has 0 spiro atoms. The van der Waals surface area contributed by atoms with Gasteiger partial charge in [-0.1, -0.05) is 25.1 Å². The number of thiazole rings is 1. The largest absolute Gasteiger partial charge is 0.351 e. The Bertz CT molecular complexity index is 1240. The van der Waals surface area contributed by atoms with E-state index in [9.17, 15) is 8.42 Å². The van der Waals surface area contributed by atoms with Crippen LogP contribution < -0.4 is 4.31 Å². The number of likely N-dealkylation sites (tertiary alicyclic amines) is 1. The number of anilines is 1. The van der Waals surface area contributed by atoms with E-state index in [0.29, 0.717) is 9.92 Å². The predicted molar refractivity (Wildman–Crippen MR) is 131 cm³/mol. The number of aromatic nitrogens is 2. The summed E-state index contributed by atoms with van der Waals surface area (Å²) in [6.45, 7) is 5.32. The molecule has 2 aliphatic heterocycles. The molecule has 1 N–H and O–H groups in total. The van der Waals surface area contributed by atoms with Crippen LogP contribution in [0, 0.1) is 5.92 Å². The van der Waals surface area contributed by atoms with Gasteiger partial charge in [-0.15, -0.1) is 23.1 Å². The maximum absolute atomic E-state index is 13.2. The summed E-state index contributed by atoms with van der Waals surface area (Å²) in [5.41, 5.74) is 2.39. The van der Waals surface area contributed by atoms with Gasteiger partial charge < -0.3 is 4.98 Å². The molecule has 3 aromatic rings. The third-order valence-electron chi connectivity index (χ3n) is 5.86. The normalized spacial score (nSPS) is 19.9. The number of H-pyrrole nitrogens is 1. The lowest BCUT2D eigenvalue weighted by Gasteiger charge is -2.20. The summed E-state index contributed by atoms with van der Waals surface area (Å²) in [5, 5.41) is 1.91. The van der Waals surface area contributed by atoms with Crippen molar-refractivity contribution < 1.29 is 8.42 Å². The summed E-state index contributed by atoms with van der Waals surface area (Å²) in [6.07, 6.45) is 6.38. The molecule has 1 atom stereocenters. The molecule has 4 heterocycles. The molecule has 0 saturated carbocycles. The second kappa shape index (κ2) is 8.27. The van der Waals surface area contributed by atoms with Gasteiger partial charge >= 0.3 is 0 Å². The predicted octanol–water partition coefficient (Wildman–Crippen LogP) is 4.88. The molecule has 31 heavy (non-hydrogen) atoms. The average molecular weight is 475 g/mol. The van der Waals surface area contributed by atoms with Crippen LogP contribution in [-0.4, -0.2) is 49.2 Å². The van der Waals surface area contributed by atoms with Gasteiger partial charge in [-0.2, -0.15) is 0 Å². The molecule has 1 fully saturated rings. The zero-order chi connectivity index (χ0) is 21.6. The van der Waals surface area contributed by atoms with Crippen LogP contribution in [0.15, 0.2) is 40.8 Å². The average Bonchev–Trinajstić information content (AvgIpc) is 3.53. The van der Waals surface area contributed by atoms with Crippen molar-refractivity contribution in [3.05, 3.63) is 45.7 Å². The number of hydrogen-bond acceptors (Lipinski definition) is 6. The van der Waals surface area contributed by atoms with Gasteiger partial charge in [-0.25, -0.2) is 13.4 Å². The summed E-state index contributed by atoms with van der Waals surface area (Å²) < 4.78 is 28.2. The molecular weight excluding hydrogens is 448 g/mol. The Hall–Kier alpha value is -1.81. The first kappa shape index (κ1) is 21.1. The zero-order valence-corrected chi connectivity index (χ0v) is 20.1. The van der Waals surface area contributed by atoms with Crippen LogP contribution >= 0.6 is 23.1 Å². The van der Waals surface area contributed by atoms with E-state index in [-0.39, 0.29) is 5.92 Å². The Morgan fingerprint density at radius 2 is 2.10 bits per heavy atom. The standard InChI is InChI=1S/C22H26N4O2S3/c1-15-10-20(29-14-15)31(27,28)25(2)19-7-5-6-16-11-18(24-21(16)19)22-23-12-17(30-22)13-26-8-3-4-9-26/h5-7,10-12,15,24H,3-4,8-9,13-14H2,1-2H3. The van der Waals surface area contributed by atoms with Crippen LogP contribution in [-0.2, 0) is 16.6 Å². The third-order valence-corrected chi connectivity index (χ3v) is 10.5. The highest BCUT2D eigenvalue weighted by Gasteiger charge is 2.30. The fourth-order valence-corrected chi connectivity index (χ4v) is 8.15. The number of aromatic amines is 1. The first-order valence-corrected chi connectivity index (χ1v) is 13.8. The highest BCUT2D eigenvalue weighted by atomic mass is 32.3. The van der Waals surface area contributed by atoms with Crippen LogP contribution in [0.25, 0.3) is 21.6 Å². The lowest BCUT2D eigenvalue weighted by molar-refractivity contribution is 0.334. The van der Waals surface area contributed by atoms with Crippen molar-refractivity contribution in [2.24, 2.45) is 5.92 Å². The molecule has 1 unspecified atom stereocenters. The van der Waals surface area contributed by atoms with Gasteiger partial charge in [0.1, 0.15) is 9.24 Å². The Kier molecular flexibility index (Phi) is 5.62. The Labute approximate surface area is 191 Å². The summed E-state index contributed by atoms with van der Waals surface area (Å²) in [7, 11) is -1.93. The number of allylic oxidation sites excluding steroid dienone is 1. The van der Waals surface area contributed by atoms with Crippen molar-refractivity contribution in [1.82, 2.24) is 14.9 Å². The molecule has 1 saturated heterocycles. The van der Waals surface area contributed by atoms with Crippen molar-refractivity contribution in [3.8, 4) is 10.7 Å². The second-order valence-electron chi connectivity index (χ2n) is 8.29. The first-order valence-electron chi connectivity index (χ1n) is 10.5. The monoisotopic (exact) mass is 474 g/mol. The SMILES string of the molecule is CC1C=C(S(=O)(=O)N(C)c2cccc3cc(-c4ncc(CN5CCCC5)s4)[nH]c23)SC1. The minimum absolute atomic E-state index is 0.274. The molecule has 0 bridgehead atoms. The van der Waals surface area contributed by atoms with Crippen LogP contribution in [0.2, 0.25) is 0 Å². The van der Waals surface area contributed by atoms with E-state index in [1.165, 1.54) is 33.8 Å². The van der Waals surface area contributed by atoms with Gasteiger partial charge in [0.05, 0.1) is 16.9 Å². The number of nitrogens with zero attached hydrogens (tertiary/aromatic N) is 3. The number of sulfonamides is 1. The lowest BCUT2D eigenvalue weighted by atomic mass is 10.2. The molecule has 0 amide bonds. The number of para-hydroxylation sites is 1. The number of fused-ring (bicyclic) bond motifs is 1. The minimum atomic E-state index is -3.56. The van der Waals surface area contributed by atoms with Gasteiger partial charge in [0, 0.05) is 35.8 Å². The fourth-order valence-electron chi connectivity index (χ4n) is 4.15. The maximum atomic E-state index is 13.2. The van der Waals surface area contributed by atoms with E-state index < -0.39 is 10.0 Å². The lowest BCUT2D eigenvalue weighted by Crippen LogP contribution is -2.26. The molecule has 5 rings (SSSR count). The molecular formula is C22H26N4O2S3. The summed E-state index contributed by atoms with van der Waals surface area (Å²) in [4.78, 5) is 11.8. The molecule has 9 heteroatoms. The zero-order valence-electron chi connectivity index (χ0n) is 17.7. The van der Waals surface area contributed by atoms with Crippen molar-refractivity contribution in [2.45, 2.75) is 26.3 Å². The highest BCUT2D eigenvalue weighted by molar-refractivity contribution is 8.19. The number of nitrogens with one attached hydrogen (secondary N) is 1. The molecule has 1 aromatic carbocycles. The molecule has 0 aliphatic carbocycles. The van der Waals surface area contributed by atoms with Gasteiger partial charge in [0.25, 0.3) is 10.0 Å². The summed E-state index contributed by atoms with van der Waals surface area (Å²) in [6, 6.07) is 7.82. The number of thioether (sulfide) groups is 1. The topological polar surface area (TPSA) is 69.3 Å². The van der Waals surface area contributed by atoms with Crippen molar-refractivity contribution in [2.75, 3.05) is 30.2 Å². The number of rotatable bonds is 6. The fraction of sp³-hybridized carbons (Fsp3) is 0.409. The molecule has 0 radical (unpaired) electrons. The molecule has 2 aliphatic rings. The van der Waals surface area contributed by atoms with Crippen LogP contribution in [0.3, 0.4) is 0 Å². The first-order chi connectivity index (χ1) is 14.9. The van der Waals surface area contributed by atoms with E-state index in [1.54, 1.807) is 18.4 Å². The van der Waals surface area contributed by atoms with Crippen LogP contribution in [0.1, 0.15) is 24.6 Å². The van der Waals surface area contributed by atoms with Gasteiger partial charge in [0.15, 0.2) is 0 Å². The molecule has 6 nitrogen and oxygen atoms in total. The number of hydrogen-bond donors (Lipinski definition) is 1. The Balaban J connectivity index is 1.45. The van der Waals surface area contributed by atoms with Crippen LogP contribution in [0.4, 0.5) is 5.69 Å². The van der Waals surface area contributed by atoms with Gasteiger partial charge in [-0.3, -0.25) is 9.21 Å². The van der Waals surface area contributed by atoms with Crippen molar-refractivity contribution in [1.29, 1.82) is 0 Å². The maximum Gasteiger partial charge on any atom is 0.269 e. The Morgan fingerprint density at radius 1 is 1.29 bits per heavy atom. The van der Waals surface area contributed by atoms with E-state index in [1.807, 2.05) is 37.4 Å². The van der Waals surface area contributed by atoms with Crippen molar-refractivity contribution >= 4 is 49.7 Å². The third kappa shape index (κ3) is 4.04. The quantitative estimate of drug-likeness (QED) is 0.552. The smallest absolute Gasteiger partial charge is 0.269 e. The summed E-state index contributed by atoms with van der Waals surface area (Å²) in [5.74, 6) is 1.08. The van der Waals surface area contributed by atoms with Crippen LogP contribution in [0.5, 0.6) is 0 Å². The number of benzene rings is 1. The molecule has 2 aromatic heterocycles. The van der Waals surface area contributed by atoms with E-state index in [4.69, 9.17) is 0 Å². The van der Waals surface area contributed by atoms with Gasteiger partial charge in [0.2, 0.25) is 0 Å². The summed E-state index contributed by atoms with van der Waals surface area (Å²) >= 11 is 3.11. The molecule has 164 valence electrons. The van der Waals surface area contributed by atoms with E-state index in [2.05, 4.69) is 20.9 Å². The Morgan fingerprint density at radius 3 is 2.84 bits per heavy atom. The van der Waals surface area contributed by atoms with E-state index >= 15 is 0 Å². The second-order valence-corrected chi connectivity index (χ2v) is 12.7. The minimum Gasteiger partial charge on any atom is -0.351 e. The van der Waals surface area contributed by atoms with E-state index in [0.717, 1.165) is 47.0 Å². The van der Waals surface area contributed by atoms with Crippen molar-refractivity contribution in [3.63, 3.8) is 0 Å². The highest BCUT2D eigenvalue weighted by Crippen LogP contribution is 2.38. The van der Waals surface area contributed by atoms with Gasteiger partial charge in [-0.05, 0) is 44.0 Å².